The normalized spacial score (nSPS) is 22.1. The second-order valence-electron chi connectivity index (χ2n) is 9.08. The van der Waals surface area contributed by atoms with Crippen molar-refractivity contribution in [2.24, 2.45) is 0 Å². The third-order valence-corrected chi connectivity index (χ3v) is 7.59. The predicted octanol–water partition coefficient (Wildman–Crippen LogP) is 2.97. The van der Waals surface area contributed by atoms with E-state index in [0.717, 1.165) is 38.8 Å². The molecule has 182 valence electrons. The molecule has 33 heavy (non-hydrogen) atoms. The lowest BCUT2D eigenvalue weighted by Crippen LogP contribution is -2.58. The number of hydrogen-bond donors (Lipinski definition) is 1. The van der Waals surface area contributed by atoms with Gasteiger partial charge in [-0.25, -0.2) is 0 Å². The van der Waals surface area contributed by atoms with Crippen molar-refractivity contribution < 1.29 is 23.8 Å². The highest BCUT2D eigenvalue weighted by molar-refractivity contribution is 9.10. The number of ether oxygens (including phenoxy) is 3. The van der Waals surface area contributed by atoms with Gasteiger partial charge in [0.05, 0.1) is 24.5 Å². The number of fused-ring (bicyclic) bond motifs is 1. The van der Waals surface area contributed by atoms with Gasteiger partial charge in [-0.1, -0.05) is 0 Å². The number of rotatable bonds is 7. The van der Waals surface area contributed by atoms with Gasteiger partial charge in [0, 0.05) is 57.2 Å². The van der Waals surface area contributed by atoms with Gasteiger partial charge in [0.25, 0.3) is 11.8 Å². The van der Waals surface area contributed by atoms with E-state index in [9.17, 15) is 9.59 Å². The molecule has 0 aromatic heterocycles. The molecule has 1 spiro atoms. The van der Waals surface area contributed by atoms with Gasteiger partial charge in [-0.2, -0.15) is 0 Å². The number of nitrogens with one attached hydrogen (secondary N) is 1. The third-order valence-electron chi connectivity index (χ3n) is 6.93. The largest absolute Gasteiger partial charge is 0.475 e. The van der Waals surface area contributed by atoms with E-state index in [1.165, 1.54) is 0 Å². The summed E-state index contributed by atoms with van der Waals surface area (Å²) in [6.07, 6.45) is 4.74. The highest BCUT2D eigenvalue weighted by Gasteiger charge is 2.49. The number of amides is 2. The minimum Gasteiger partial charge on any atom is -0.475 e. The number of methoxy groups -OCH3 is 1. The van der Waals surface area contributed by atoms with Crippen LogP contribution in [-0.2, 0) is 14.3 Å². The van der Waals surface area contributed by atoms with Crippen LogP contribution in [0.2, 0.25) is 0 Å². The highest BCUT2D eigenvalue weighted by Crippen LogP contribution is 2.44. The second-order valence-corrected chi connectivity index (χ2v) is 9.94. The molecule has 9 heteroatoms. The van der Waals surface area contributed by atoms with Crippen molar-refractivity contribution in [3.8, 4) is 5.75 Å². The number of anilines is 1. The lowest BCUT2D eigenvalue weighted by Gasteiger charge is -2.44. The van der Waals surface area contributed by atoms with Crippen LogP contribution < -0.4 is 15.0 Å². The quantitative estimate of drug-likeness (QED) is 0.553. The molecular weight excluding hydrogens is 490 g/mol. The zero-order valence-electron chi connectivity index (χ0n) is 19.5. The molecule has 1 N–H and O–H groups in total. The van der Waals surface area contributed by atoms with Gasteiger partial charge in [0.1, 0.15) is 5.75 Å². The van der Waals surface area contributed by atoms with Gasteiger partial charge in [0.2, 0.25) is 0 Å². The van der Waals surface area contributed by atoms with E-state index in [-0.39, 0.29) is 17.9 Å². The van der Waals surface area contributed by atoms with Crippen LogP contribution in [0, 0.1) is 0 Å². The maximum absolute atomic E-state index is 13.7. The molecule has 1 aromatic carbocycles. The van der Waals surface area contributed by atoms with Crippen molar-refractivity contribution in [2.45, 2.75) is 50.2 Å². The zero-order chi connectivity index (χ0) is 23.4. The minimum atomic E-state index is -0.901. The zero-order valence-corrected chi connectivity index (χ0v) is 21.1. The molecule has 0 saturated carbocycles. The van der Waals surface area contributed by atoms with Crippen molar-refractivity contribution in [3.05, 3.63) is 22.2 Å². The van der Waals surface area contributed by atoms with E-state index in [1.807, 2.05) is 29.0 Å². The molecule has 0 radical (unpaired) electrons. The molecule has 0 aliphatic carbocycles. The van der Waals surface area contributed by atoms with E-state index in [4.69, 9.17) is 14.2 Å². The van der Waals surface area contributed by atoms with Gasteiger partial charge in [-0.3, -0.25) is 9.59 Å². The fourth-order valence-corrected chi connectivity index (χ4v) is 5.38. The highest BCUT2D eigenvalue weighted by atomic mass is 79.9. The fraction of sp³-hybridized carbons (Fsp3) is 0.667. The third kappa shape index (κ3) is 5.06. The Labute approximate surface area is 204 Å². The van der Waals surface area contributed by atoms with Crippen molar-refractivity contribution in [2.75, 3.05) is 58.5 Å². The maximum Gasteiger partial charge on any atom is 0.271 e. The summed E-state index contributed by atoms with van der Waals surface area (Å²) in [5.74, 6) is 0.534. The monoisotopic (exact) mass is 523 g/mol. The first kappa shape index (κ1) is 24.4. The van der Waals surface area contributed by atoms with Gasteiger partial charge in [-0.05, 0) is 60.3 Å². The van der Waals surface area contributed by atoms with E-state index >= 15 is 0 Å². The Morgan fingerprint density at radius 1 is 1.33 bits per heavy atom. The van der Waals surface area contributed by atoms with Gasteiger partial charge in [0.15, 0.2) is 5.60 Å². The number of carbonyl (C=O) groups is 2. The summed E-state index contributed by atoms with van der Waals surface area (Å²) in [7, 11) is 3.53. The predicted molar refractivity (Wildman–Crippen MR) is 129 cm³/mol. The first-order valence-corrected chi connectivity index (χ1v) is 12.7. The fourth-order valence-electron chi connectivity index (χ4n) is 4.88. The van der Waals surface area contributed by atoms with E-state index < -0.39 is 5.60 Å². The summed E-state index contributed by atoms with van der Waals surface area (Å²) in [5, 5.41) is 3.37. The maximum atomic E-state index is 13.7. The second kappa shape index (κ2) is 10.7. The number of benzene rings is 1. The Kier molecular flexibility index (Phi) is 7.94. The molecule has 4 rings (SSSR count). The summed E-state index contributed by atoms with van der Waals surface area (Å²) >= 11 is 3.60. The first-order chi connectivity index (χ1) is 16.0. The molecule has 3 aliphatic rings. The van der Waals surface area contributed by atoms with E-state index in [1.54, 1.807) is 7.11 Å². The standard InChI is InChI=1S/C24H34BrN3O5/c1-27(17-6-5-9-26-16-17)22(29)18-14-20-21(15-19(18)25)33-24(7-12-32-13-8-24)23(30)28(20)10-3-4-11-31-2/h14-15,17,26H,3-13,16H2,1-2H3/t17-/m1/s1. The Balaban J connectivity index is 1.65. The van der Waals surface area contributed by atoms with Crippen LogP contribution >= 0.6 is 15.9 Å². The number of unbranched alkanes of at least 4 members (excludes halogenated alkanes) is 1. The number of halogens is 1. The van der Waals surface area contributed by atoms with Crippen LogP contribution in [0.1, 0.15) is 48.9 Å². The van der Waals surface area contributed by atoms with Crippen LogP contribution in [-0.4, -0.2) is 82.0 Å². The lowest BCUT2D eigenvalue weighted by molar-refractivity contribution is -0.144. The molecule has 8 nitrogen and oxygen atoms in total. The van der Waals surface area contributed by atoms with Crippen LogP contribution in [0.4, 0.5) is 5.69 Å². The number of likely N-dealkylation sites (N-methyl/N-ethyl adjacent to an activating group) is 1. The number of piperidine rings is 1. The molecule has 0 unspecified atom stereocenters. The Morgan fingerprint density at radius 3 is 2.82 bits per heavy atom. The average molecular weight is 524 g/mol. The summed E-state index contributed by atoms with van der Waals surface area (Å²) in [5.41, 5.74) is 0.307. The Morgan fingerprint density at radius 2 is 2.12 bits per heavy atom. The summed E-state index contributed by atoms with van der Waals surface area (Å²) in [4.78, 5) is 30.7. The molecule has 3 heterocycles. The minimum absolute atomic E-state index is 0.0405. The van der Waals surface area contributed by atoms with Crippen molar-refractivity contribution in [1.82, 2.24) is 10.2 Å². The molecule has 2 fully saturated rings. The Bertz CT molecular complexity index is 868. The van der Waals surface area contributed by atoms with Crippen molar-refractivity contribution >= 4 is 33.4 Å². The lowest BCUT2D eigenvalue weighted by atomic mass is 9.90. The smallest absolute Gasteiger partial charge is 0.271 e. The van der Waals surface area contributed by atoms with Gasteiger partial charge in [-0.15, -0.1) is 0 Å². The van der Waals surface area contributed by atoms with Crippen LogP contribution in [0.3, 0.4) is 0 Å². The summed E-state index contributed by atoms with van der Waals surface area (Å²) in [6, 6.07) is 3.82. The summed E-state index contributed by atoms with van der Waals surface area (Å²) in [6.45, 7) is 3.98. The molecule has 2 saturated heterocycles. The number of hydrogen-bond acceptors (Lipinski definition) is 6. The molecule has 3 aliphatic heterocycles. The molecule has 2 amide bonds. The molecule has 1 atom stereocenters. The van der Waals surface area contributed by atoms with Crippen LogP contribution in [0.15, 0.2) is 16.6 Å². The summed E-state index contributed by atoms with van der Waals surface area (Å²) < 4.78 is 17.7. The van der Waals surface area contributed by atoms with Crippen molar-refractivity contribution in [1.29, 1.82) is 0 Å². The first-order valence-electron chi connectivity index (χ1n) is 11.9. The van der Waals surface area contributed by atoms with Gasteiger partial charge < -0.3 is 29.3 Å². The molecule has 0 bridgehead atoms. The van der Waals surface area contributed by atoms with Gasteiger partial charge >= 0.3 is 0 Å². The number of carbonyl (C=O) groups excluding carboxylic acids is 2. The topological polar surface area (TPSA) is 80.3 Å². The Hall–Kier alpha value is -1.68. The van der Waals surface area contributed by atoms with Crippen LogP contribution in [0.25, 0.3) is 0 Å². The average Bonchev–Trinajstić information content (AvgIpc) is 2.84. The van der Waals surface area contributed by atoms with E-state index in [0.29, 0.717) is 60.7 Å². The molecule has 1 aromatic rings. The van der Waals surface area contributed by atoms with Crippen LogP contribution in [0.5, 0.6) is 5.75 Å². The SMILES string of the molecule is COCCCCN1C(=O)C2(CCOCC2)Oc2cc(Br)c(C(=O)N(C)[C@@H]3CCCNC3)cc21. The van der Waals surface area contributed by atoms with Crippen molar-refractivity contribution in [3.63, 3.8) is 0 Å². The van der Waals surface area contributed by atoms with E-state index in [2.05, 4.69) is 21.2 Å². The molecular formula is C24H34BrN3O5. The number of nitrogens with zero attached hydrogens (tertiary/aromatic N) is 2.